The van der Waals surface area contributed by atoms with Crippen LogP contribution in [0.1, 0.15) is 64.8 Å². The summed E-state index contributed by atoms with van der Waals surface area (Å²) in [5.41, 5.74) is 5.40. The Morgan fingerprint density at radius 3 is 1.00 bits per heavy atom. The average molecular weight is 289 g/mol. The molecule has 21 heavy (non-hydrogen) atoms. The van der Waals surface area contributed by atoms with Crippen molar-refractivity contribution < 1.29 is 0 Å². The van der Waals surface area contributed by atoms with Gasteiger partial charge >= 0.3 is 0 Å². The van der Waals surface area contributed by atoms with Crippen LogP contribution in [-0.4, -0.2) is 0 Å². The Hall–Kier alpha value is -1.56. The molecule has 0 radical (unpaired) electrons. The topological polar surface area (TPSA) is 0 Å². The van der Waals surface area contributed by atoms with E-state index in [1.807, 2.05) is 27.7 Å². The van der Waals surface area contributed by atoms with Crippen molar-refractivity contribution in [3.05, 3.63) is 70.8 Å². The van der Waals surface area contributed by atoms with Gasteiger partial charge in [-0.3, -0.25) is 0 Å². The van der Waals surface area contributed by atoms with Crippen LogP contribution in [0, 0.1) is 13.8 Å². The van der Waals surface area contributed by atoms with Gasteiger partial charge in [0.1, 0.15) is 0 Å². The van der Waals surface area contributed by atoms with E-state index in [4.69, 9.17) is 0 Å². The third kappa shape index (κ3) is 9.90. The second-order valence-electron chi connectivity index (χ2n) is 4.15. The van der Waals surface area contributed by atoms with Crippen LogP contribution in [0.4, 0.5) is 0 Å². The van der Waals surface area contributed by atoms with Crippen LogP contribution in [0.15, 0.2) is 48.5 Å². The van der Waals surface area contributed by atoms with E-state index >= 15 is 0 Å². The lowest BCUT2D eigenvalue weighted by Gasteiger charge is -2.03. The van der Waals surface area contributed by atoms with Gasteiger partial charge in [0.15, 0.2) is 0 Å². The maximum absolute atomic E-state index is 2.20. The fourth-order valence-electron chi connectivity index (χ4n) is 1.65. The fourth-order valence-corrected chi connectivity index (χ4v) is 1.65. The van der Waals surface area contributed by atoms with Gasteiger partial charge in [-0.1, -0.05) is 102 Å². The number of benzene rings is 2. The van der Waals surface area contributed by atoms with E-state index in [0.717, 1.165) is 6.42 Å². The fraction of sp³-hybridized carbons (Fsp3) is 0.429. The Kier molecular flexibility index (Phi) is 17.3. The van der Waals surface area contributed by atoms with Crippen LogP contribution in [0.2, 0.25) is 0 Å². The van der Waals surface area contributed by atoms with E-state index in [0.29, 0.717) is 0 Å². The summed E-state index contributed by atoms with van der Waals surface area (Å²) in [5, 5.41) is 0. The SMILES string of the molecule is C.C.CC.CC.Cc1ccc(Cc2ccc(C)cc2)cc1. The van der Waals surface area contributed by atoms with Crippen LogP contribution in [0.5, 0.6) is 0 Å². The normalized spacial score (nSPS) is 7.90. The summed E-state index contributed by atoms with van der Waals surface area (Å²) in [7, 11) is 0. The second-order valence-corrected chi connectivity index (χ2v) is 4.15. The zero-order chi connectivity index (χ0) is 14.7. The van der Waals surface area contributed by atoms with E-state index in [1.54, 1.807) is 0 Å². The van der Waals surface area contributed by atoms with Crippen LogP contribution >= 0.6 is 0 Å². The average Bonchev–Trinajstić information content (AvgIpc) is 2.48. The van der Waals surface area contributed by atoms with Crippen molar-refractivity contribution in [3.63, 3.8) is 0 Å². The van der Waals surface area contributed by atoms with Crippen LogP contribution in [0.3, 0.4) is 0 Å². The Balaban J connectivity index is -0.000000499. The molecule has 2 rings (SSSR count). The summed E-state index contributed by atoms with van der Waals surface area (Å²) in [4.78, 5) is 0. The summed E-state index contributed by atoms with van der Waals surface area (Å²) in [6.07, 6.45) is 1.03. The van der Waals surface area contributed by atoms with Gasteiger partial charge in [-0.05, 0) is 31.4 Å². The summed E-state index contributed by atoms with van der Waals surface area (Å²) >= 11 is 0. The van der Waals surface area contributed by atoms with Gasteiger partial charge in [0, 0.05) is 0 Å². The molecule has 120 valence electrons. The number of aryl methyl sites for hydroxylation is 2. The Morgan fingerprint density at radius 1 is 0.524 bits per heavy atom. The quantitative estimate of drug-likeness (QED) is 0.547. The van der Waals surface area contributed by atoms with Crippen LogP contribution in [-0.2, 0) is 6.42 Å². The molecule has 0 spiro atoms. The van der Waals surface area contributed by atoms with Gasteiger partial charge in [-0.15, -0.1) is 0 Å². The molecule has 0 bridgehead atoms. The molecule has 2 aromatic carbocycles. The number of hydrogen-bond acceptors (Lipinski definition) is 0. The molecule has 0 heteroatoms. The number of rotatable bonds is 2. The standard InChI is InChI=1S/C15H16.2C2H6.2CH4/c1-12-3-7-14(8-4-12)11-15-9-5-13(2)6-10-15;2*1-2;;/h3-10H,11H2,1-2H3;2*1-2H3;2*1H4. The van der Waals surface area contributed by atoms with Crippen LogP contribution in [0.25, 0.3) is 0 Å². The largest absolute Gasteiger partial charge is 0.0776 e. The van der Waals surface area contributed by atoms with Crippen molar-refractivity contribution >= 4 is 0 Å². The highest BCUT2D eigenvalue weighted by atomic mass is 14.0. The molecule has 0 atom stereocenters. The van der Waals surface area contributed by atoms with Crippen molar-refractivity contribution in [1.29, 1.82) is 0 Å². The van der Waals surface area contributed by atoms with Crippen molar-refractivity contribution in [2.24, 2.45) is 0 Å². The molecule has 0 fully saturated rings. The van der Waals surface area contributed by atoms with Gasteiger partial charge in [-0.25, -0.2) is 0 Å². The lowest BCUT2D eigenvalue weighted by molar-refractivity contribution is 1.18. The molecule has 0 aromatic heterocycles. The molecular formula is C21H36. The predicted octanol–water partition coefficient (Wildman–Crippen LogP) is 7.22. The Morgan fingerprint density at radius 2 is 0.762 bits per heavy atom. The molecule has 0 heterocycles. The maximum atomic E-state index is 2.20. The molecule has 0 aliphatic rings. The highest BCUT2D eigenvalue weighted by molar-refractivity contribution is 5.29. The third-order valence-corrected chi connectivity index (χ3v) is 2.65. The van der Waals surface area contributed by atoms with E-state index in [1.165, 1.54) is 22.3 Å². The minimum atomic E-state index is 0. The predicted molar refractivity (Wildman–Crippen MR) is 101 cm³/mol. The van der Waals surface area contributed by atoms with Gasteiger partial charge < -0.3 is 0 Å². The van der Waals surface area contributed by atoms with Crippen molar-refractivity contribution in [2.45, 2.75) is 62.8 Å². The van der Waals surface area contributed by atoms with Crippen molar-refractivity contribution in [2.75, 3.05) is 0 Å². The molecule has 0 aliphatic heterocycles. The van der Waals surface area contributed by atoms with E-state index in [-0.39, 0.29) is 14.9 Å². The molecule has 0 N–H and O–H groups in total. The van der Waals surface area contributed by atoms with E-state index in [9.17, 15) is 0 Å². The minimum absolute atomic E-state index is 0. The van der Waals surface area contributed by atoms with Gasteiger partial charge in [-0.2, -0.15) is 0 Å². The lowest BCUT2D eigenvalue weighted by Crippen LogP contribution is -1.88. The minimum Gasteiger partial charge on any atom is -0.0776 e. The van der Waals surface area contributed by atoms with Crippen molar-refractivity contribution in [3.8, 4) is 0 Å². The zero-order valence-corrected chi connectivity index (χ0v) is 13.3. The highest BCUT2D eigenvalue weighted by Gasteiger charge is 1.95. The Labute approximate surface area is 134 Å². The number of hydrogen-bond donors (Lipinski definition) is 0. The highest BCUT2D eigenvalue weighted by Crippen LogP contribution is 2.11. The smallest absolute Gasteiger partial charge is 0.00258 e. The third-order valence-electron chi connectivity index (χ3n) is 2.65. The first-order chi connectivity index (χ1) is 9.24. The summed E-state index contributed by atoms with van der Waals surface area (Å²) in [6, 6.07) is 17.5. The monoisotopic (exact) mass is 288 g/mol. The molecule has 2 aromatic rings. The zero-order valence-electron chi connectivity index (χ0n) is 13.3. The van der Waals surface area contributed by atoms with Gasteiger partial charge in [0.2, 0.25) is 0 Å². The molecule has 0 nitrogen and oxygen atoms in total. The summed E-state index contributed by atoms with van der Waals surface area (Å²) < 4.78 is 0. The molecular weight excluding hydrogens is 252 g/mol. The lowest BCUT2D eigenvalue weighted by atomic mass is 10.0. The van der Waals surface area contributed by atoms with E-state index in [2.05, 4.69) is 62.4 Å². The van der Waals surface area contributed by atoms with Gasteiger partial charge in [0.05, 0.1) is 0 Å². The summed E-state index contributed by atoms with van der Waals surface area (Å²) in [6.45, 7) is 12.2. The van der Waals surface area contributed by atoms with E-state index < -0.39 is 0 Å². The van der Waals surface area contributed by atoms with Crippen LogP contribution < -0.4 is 0 Å². The second kappa shape index (κ2) is 14.8. The van der Waals surface area contributed by atoms with Gasteiger partial charge in [0.25, 0.3) is 0 Å². The Bertz CT molecular complexity index is 377. The first-order valence-corrected chi connectivity index (χ1v) is 7.35. The first-order valence-electron chi connectivity index (χ1n) is 7.35. The molecule has 0 saturated heterocycles. The maximum Gasteiger partial charge on any atom is -0.00258 e. The van der Waals surface area contributed by atoms with Crippen molar-refractivity contribution in [1.82, 2.24) is 0 Å². The molecule has 0 amide bonds. The molecule has 0 saturated carbocycles. The summed E-state index contributed by atoms with van der Waals surface area (Å²) in [5.74, 6) is 0. The first kappa shape index (κ1) is 24.5. The molecule has 0 aliphatic carbocycles. The molecule has 0 unspecified atom stereocenters.